The second kappa shape index (κ2) is 6.06. The molecule has 17 heavy (non-hydrogen) atoms. The van der Waals surface area contributed by atoms with E-state index >= 15 is 0 Å². The van der Waals surface area contributed by atoms with Crippen LogP contribution in [-0.2, 0) is 4.79 Å². The van der Waals surface area contributed by atoms with Crippen LogP contribution in [0.3, 0.4) is 0 Å². The van der Waals surface area contributed by atoms with Gasteiger partial charge in [-0.3, -0.25) is 4.79 Å². The van der Waals surface area contributed by atoms with Crippen LogP contribution in [0.2, 0.25) is 0 Å². The number of alkyl halides is 7. The smallest absolute Gasteiger partial charge is 0.351 e. The number of unbranched alkanes of at least 4 members (excludes halogenated alkanes) is 1. The van der Waals surface area contributed by atoms with Gasteiger partial charge in [-0.25, -0.2) is 8.78 Å². The maximum atomic E-state index is 12.3. The Labute approximate surface area is 92.2 Å². The monoisotopic (exact) mass is 269 g/mol. The van der Waals surface area contributed by atoms with Crippen LogP contribution >= 0.6 is 0 Å². The molecule has 0 aliphatic carbocycles. The van der Waals surface area contributed by atoms with Gasteiger partial charge < -0.3 is 5.32 Å². The standard InChI is InChI=1S/C8H10F7NO/c9-5(10)8(14,15)6(17)16-4-2-1-3-7(11,12)13/h5H,1-4H2,(H,16,17). The predicted molar refractivity (Wildman–Crippen MR) is 43.9 cm³/mol. The zero-order chi connectivity index (χ0) is 13.7. The quantitative estimate of drug-likeness (QED) is 0.583. The average molecular weight is 269 g/mol. The van der Waals surface area contributed by atoms with E-state index in [1.54, 1.807) is 0 Å². The summed E-state index contributed by atoms with van der Waals surface area (Å²) < 4.78 is 82.8. The average Bonchev–Trinajstić information content (AvgIpc) is 2.14. The van der Waals surface area contributed by atoms with Crippen molar-refractivity contribution in [2.75, 3.05) is 6.54 Å². The third-order valence-corrected chi connectivity index (χ3v) is 1.75. The molecule has 0 aliphatic rings. The van der Waals surface area contributed by atoms with E-state index in [1.165, 1.54) is 5.32 Å². The fourth-order valence-electron chi connectivity index (χ4n) is 0.869. The molecule has 0 radical (unpaired) electrons. The SMILES string of the molecule is O=C(NCCCCC(F)(F)F)C(F)(F)C(F)F. The van der Waals surface area contributed by atoms with Crippen molar-refractivity contribution < 1.29 is 35.5 Å². The molecule has 2 nitrogen and oxygen atoms in total. The molecule has 0 rings (SSSR count). The van der Waals surface area contributed by atoms with Gasteiger partial charge in [0.25, 0.3) is 5.91 Å². The van der Waals surface area contributed by atoms with E-state index in [0.29, 0.717) is 0 Å². The molecule has 9 heteroatoms. The summed E-state index contributed by atoms with van der Waals surface area (Å²) in [6.45, 7) is -0.503. The second-order valence-electron chi connectivity index (χ2n) is 3.25. The molecule has 0 aromatic heterocycles. The molecule has 0 bridgehead atoms. The lowest BCUT2D eigenvalue weighted by atomic mass is 10.2. The molecule has 0 saturated heterocycles. The van der Waals surface area contributed by atoms with Crippen molar-refractivity contribution in [1.82, 2.24) is 5.32 Å². The van der Waals surface area contributed by atoms with Crippen molar-refractivity contribution in [3.63, 3.8) is 0 Å². The largest absolute Gasteiger partial charge is 0.389 e. The van der Waals surface area contributed by atoms with Crippen LogP contribution in [0.25, 0.3) is 0 Å². The minimum Gasteiger partial charge on any atom is -0.351 e. The normalized spacial score (nSPS) is 12.9. The molecule has 0 aromatic carbocycles. The third kappa shape index (κ3) is 6.32. The first-order valence-electron chi connectivity index (χ1n) is 4.58. The summed E-state index contributed by atoms with van der Waals surface area (Å²) >= 11 is 0. The predicted octanol–water partition coefficient (Wildman–Crippen LogP) is 2.74. The van der Waals surface area contributed by atoms with Gasteiger partial charge in [-0.1, -0.05) is 0 Å². The van der Waals surface area contributed by atoms with Crippen LogP contribution in [0.4, 0.5) is 30.7 Å². The van der Waals surface area contributed by atoms with Crippen molar-refractivity contribution in [3.05, 3.63) is 0 Å². The van der Waals surface area contributed by atoms with Gasteiger partial charge in [0.15, 0.2) is 0 Å². The van der Waals surface area contributed by atoms with E-state index in [1.807, 2.05) is 0 Å². The van der Waals surface area contributed by atoms with Crippen molar-refractivity contribution in [2.45, 2.75) is 37.8 Å². The molecule has 0 aliphatic heterocycles. The van der Waals surface area contributed by atoms with E-state index in [9.17, 15) is 35.5 Å². The summed E-state index contributed by atoms with van der Waals surface area (Å²) in [5.74, 6) is -7.00. The molecule has 0 spiro atoms. The van der Waals surface area contributed by atoms with Crippen LogP contribution in [0.1, 0.15) is 19.3 Å². The number of carbonyl (C=O) groups is 1. The number of hydrogen-bond acceptors (Lipinski definition) is 1. The van der Waals surface area contributed by atoms with Gasteiger partial charge in [-0.05, 0) is 12.8 Å². The van der Waals surface area contributed by atoms with Gasteiger partial charge in [0.1, 0.15) is 0 Å². The van der Waals surface area contributed by atoms with Crippen LogP contribution < -0.4 is 5.32 Å². The molecule has 1 amide bonds. The summed E-state index contributed by atoms with van der Waals surface area (Å²) in [7, 11) is 0. The molecule has 0 unspecified atom stereocenters. The molecular weight excluding hydrogens is 259 g/mol. The highest BCUT2D eigenvalue weighted by Crippen LogP contribution is 2.23. The Morgan fingerprint density at radius 2 is 1.59 bits per heavy atom. The Morgan fingerprint density at radius 1 is 1.06 bits per heavy atom. The van der Waals surface area contributed by atoms with Gasteiger partial charge >= 0.3 is 18.5 Å². The molecule has 102 valence electrons. The third-order valence-electron chi connectivity index (χ3n) is 1.75. The first kappa shape index (κ1) is 16.0. The maximum absolute atomic E-state index is 12.3. The Bertz CT molecular complexity index is 251. The number of nitrogens with one attached hydrogen (secondary N) is 1. The Balaban J connectivity index is 3.80. The fourth-order valence-corrected chi connectivity index (χ4v) is 0.869. The molecule has 0 aromatic rings. The van der Waals surface area contributed by atoms with E-state index in [2.05, 4.69) is 0 Å². The Morgan fingerprint density at radius 3 is 2.00 bits per heavy atom. The second-order valence-corrected chi connectivity index (χ2v) is 3.25. The highest BCUT2D eigenvalue weighted by atomic mass is 19.4. The number of carbonyl (C=O) groups excluding carboxylic acids is 1. The highest BCUT2D eigenvalue weighted by molar-refractivity contribution is 5.83. The van der Waals surface area contributed by atoms with Gasteiger partial charge in [0, 0.05) is 13.0 Å². The maximum Gasteiger partial charge on any atom is 0.389 e. The zero-order valence-electron chi connectivity index (χ0n) is 8.46. The minimum absolute atomic E-state index is 0.218. The molecule has 0 saturated carbocycles. The van der Waals surface area contributed by atoms with Crippen molar-refractivity contribution in [1.29, 1.82) is 0 Å². The highest BCUT2D eigenvalue weighted by Gasteiger charge is 2.48. The summed E-state index contributed by atoms with van der Waals surface area (Å²) in [6, 6.07) is 0. The Kier molecular flexibility index (Phi) is 5.70. The van der Waals surface area contributed by atoms with Gasteiger partial charge in [0.2, 0.25) is 0 Å². The lowest BCUT2D eigenvalue weighted by molar-refractivity contribution is -0.169. The topological polar surface area (TPSA) is 29.1 Å². The molecule has 0 heterocycles. The summed E-state index contributed by atoms with van der Waals surface area (Å²) in [5.41, 5.74) is 0. The minimum atomic E-state index is -4.82. The van der Waals surface area contributed by atoms with E-state index in [4.69, 9.17) is 0 Å². The first-order chi connectivity index (χ1) is 7.57. The van der Waals surface area contributed by atoms with E-state index < -0.39 is 37.4 Å². The number of rotatable bonds is 6. The molecule has 0 fully saturated rings. The van der Waals surface area contributed by atoms with E-state index in [-0.39, 0.29) is 12.8 Å². The number of hydrogen-bond donors (Lipinski definition) is 1. The fraction of sp³-hybridized carbons (Fsp3) is 0.875. The molecule has 0 atom stereocenters. The van der Waals surface area contributed by atoms with Crippen molar-refractivity contribution in [2.24, 2.45) is 0 Å². The number of halogens is 7. The lowest BCUT2D eigenvalue weighted by Crippen LogP contribution is -2.45. The number of amides is 1. The van der Waals surface area contributed by atoms with Crippen molar-refractivity contribution >= 4 is 5.91 Å². The molecular formula is C8H10F7NO. The first-order valence-corrected chi connectivity index (χ1v) is 4.58. The van der Waals surface area contributed by atoms with Crippen LogP contribution in [-0.4, -0.2) is 31.0 Å². The summed E-state index contributed by atoms with van der Waals surface area (Å²) in [4.78, 5) is 10.5. The van der Waals surface area contributed by atoms with E-state index in [0.717, 1.165) is 0 Å². The van der Waals surface area contributed by atoms with Gasteiger partial charge in [-0.2, -0.15) is 22.0 Å². The summed E-state index contributed by atoms with van der Waals surface area (Å²) in [6.07, 6.45) is -10.2. The van der Waals surface area contributed by atoms with Crippen LogP contribution in [0.15, 0.2) is 0 Å². The van der Waals surface area contributed by atoms with Gasteiger partial charge in [-0.15, -0.1) is 0 Å². The summed E-state index contributed by atoms with van der Waals surface area (Å²) in [5, 5.41) is 1.45. The van der Waals surface area contributed by atoms with Crippen molar-refractivity contribution in [3.8, 4) is 0 Å². The van der Waals surface area contributed by atoms with Crippen LogP contribution in [0.5, 0.6) is 0 Å². The van der Waals surface area contributed by atoms with Crippen LogP contribution in [0, 0.1) is 0 Å². The van der Waals surface area contributed by atoms with Gasteiger partial charge in [0.05, 0.1) is 0 Å². The zero-order valence-corrected chi connectivity index (χ0v) is 8.46. The Hall–Kier alpha value is -1.02. The lowest BCUT2D eigenvalue weighted by Gasteiger charge is -2.14. The molecule has 1 N–H and O–H groups in total.